The van der Waals surface area contributed by atoms with Crippen molar-refractivity contribution >= 4 is 11.4 Å². The van der Waals surface area contributed by atoms with Crippen molar-refractivity contribution in [3.63, 3.8) is 0 Å². The molecule has 0 aliphatic carbocycles. The van der Waals surface area contributed by atoms with Crippen LogP contribution in [0, 0.1) is 0 Å². The molecule has 4 nitrogen and oxygen atoms in total. The van der Waals surface area contributed by atoms with Crippen LogP contribution in [0.3, 0.4) is 0 Å². The minimum absolute atomic E-state index is 0.237. The second kappa shape index (κ2) is 5.26. The molecule has 0 amide bonds. The summed E-state index contributed by atoms with van der Waals surface area (Å²) in [4.78, 5) is 2.37. The van der Waals surface area contributed by atoms with Gasteiger partial charge in [-0.3, -0.25) is 0 Å². The van der Waals surface area contributed by atoms with E-state index in [0.29, 0.717) is 6.04 Å². The second-order valence-electron chi connectivity index (χ2n) is 6.60. The van der Waals surface area contributed by atoms with Crippen molar-refractivity contribution in [3.05, 3.63) is 24.3 Å². The van der Waals surface area contributed by atoms with E-state index in [2.05, 4.69) is 24.1 Å². The van der Waals surface area contributed by atoms with Gasteiger partial charge in [0, 0.05) is 30.6 Å². The van der Waals surface area contributed by atoms with Crippen molar-refractivity contribution in [3.8, 4) is 0 Å². The largest absolute Gasteiger partial charge is 0.399 e. The van der Waals surface area contributed by atoms with Gasteiger partial charge in [0.25, 0.3) is 0 Å². The lowest BCUT2D eigenvalue weighted by atomic mass is 10.1. The Morgan fingerprint density at radius 2 is 1.90 bits per heavy atom. The summed E-state index contributed by atoms with van der Waals surface area (Å²) in [5, 5.41) is 9.72. The van der Waals surface area contributed by atoms with Crippen molar-refractivity contribution in [2.24, 2.45) is 0 Å². The van der Waals surface area contributed by atoms with Gasteiger partial charge in [0.1, 0.15) is 6.04 Å². The van der Waals surface area contributed by atoms with E-state index in [-0.39, 0.29) is 12.6 Å². The van der Waals surface area contributed by atoms with Gasteiger partial charge in [-0.1, -0.05) is 0 Å². The highest BCUT2D eigenvalue weighted by Gasteiger charge is 2.44. The molecule has 2 heterocycles. The molecule has 2 unspecified atom stereocenters. The van der Waals surface area contributed by atoms with Gasteiger partial charge >= 0.3 is 0 Å². The SMILES string of the molecule is C[N+]1(C2CC(CO)N(c3ccc(N)cc3)C2)CCCC1. The summed E-state index contributed by atoms with van der Waals surface area (Å²) >= 11 is 0. The quantitative estimate of drug-likeness (QED) is 0.649. The van der Waals surface area contributed by atoms with Gasteiger partial charge in [-0.15, -0.1) is 0 Å². The molecule has 4 heteroatoms. The Morgan fingerprint density at radius 3 is 2.50 bits per heavy atom. The van der Waals surface area contributed by atoms with E-state index in [9.17, 15) is 5.11 Å². The van der Waals surface area contributed by atoms with E-state index >= 15 is 0 Å². The summed E-state index contributed by atoms with van der Waals surface area (Å²) < 4.78 is 1.18. The maximum absolute atomic E-state index is 9.72. The number of anilines is 2. The highest BCUT2D eigenvalue weighted by atomic mass is 16.3. The summed E-state index contributed by atoms with van der Waals surface area (Å²) in [6, 6.07) is 8.94. The lowest BCUT2D eigenvalue weighted by Gasteiger charge is -2.35. The van der Waals surface area contributed by atoms with Gasteiger partial charge in [-0.2, -0.15) is 0 Å². The topological polar surface area (TPSA) is 49.5 Å². The molecule has 2 saturated heterocycles. The molecule has 2 aliphatic heterocycles. The fourth-order valence-electron chi connectivity index (χ4n) is 3.92. The molecular formula is C16H26N3O+. The number of hydrogen-bond donors (Lipinski definition) is 2. The summed E-state index contributed by atoms with van der Waals surface area (Å²) in [5.41, 5.74) is 7.75. The maximum atomic E-state index is 9.72. The zero-order valence-electron chi connectivity index (χ0n) is 12.3. The van der Waals surface area contributed by atoms with E-state index in [1.54, 1.807) is 0 Å². The number of aliphatic hydroxyl groups is 1. The van der Waals surface area contributed by atoms with E-state index in [4.69, 9.17) is 5.73 Å². The predicted molar refractivity (Wildman–Crippen MR) is 82.6 cm³/mol. The Labute approximate surface area is 121 Å². The summed E-state index contributed by atoms with van der Waals surface area (Å²) in [7, 11) is 2.39. The van der Waals surface area contributed by atoms with E-state index in [1.165, 1.54) is 36.1 Å². The molecule has 0 radical (unpaired) electrons. The molecule has 3 N–H and O–H groups in total. The lowest BCUT2D eigenvalue weighted by molar-refractivity contribution is -0.919. The van der Waals surface area contributed by atoms with Crippen LogP contribution in [0.15, 0.2) is 24.3 Å². The monoisotopic (exact) mass is 276 g/mol. The van der Waals surface area contributed by atoms with Gasteiger partial charge in [0.2, 0.25) is 0 Å². The number of likely N-dealkylation sites (tertiary alicyclic amines) is 1. The van der Waals surface area contributed by atoms with Crippen molar-refractivity contribution in [1.82, 2.24) is 0 Å². The van der Waals surface area contributed by atoms with Crippen LogP contribution in [0.4, 0.5) is 11.4 Å². The van der Waals surface area contributed by atoms with Crippen LogP contribution in [0.2, 0.25) is 0 Å². The van der Waals surface area contributed by atoms with Crippen LogP contribution in [0.25, 0.3) is 0 Å². The molecule has 1 aromatic rings. The van der Waals surface area contributed by atoms with Gasteiger partial charge in [0.05, 0.1) is 39.3 Å². The number of benzene rings is 1. The number of rotatable bonds is 3. The third-order valence-electron chi connectivity index (χ3n) is 5.30. The number of likely N-dealkylation sites (N-methyl/N-ethyl adjacent to an activating group) is 1. The Kier molecular flexibility index (Phi) is 3.61. The van der Waals surface area contributed by atoms with Crippen molar-refractivity contribution in [2.75, 3.05) is 43.9 Å². The Hall–Kier alpha value is -1.26. The first-order chi connectivity index (χ1) is 9.62. The van der Waals surface area contributed by atoms with Crippen molar-refractivity contribution < 1.29 is 9.59 Å². The van der Waals surface area contributed by atoms with Gasteiger partial charge in [0.15, 0.2) is 0 Å². The van der Waals surface area contributed by atoms with Crippen LogP contribution >= 0.6 is 0 Å². The first-order valence-corrected chi connectivity index (χ1v) is 7.70. The predicted octanol–water partition coefficient (Wildman–Crippen LogP) is 1.45. The average molecular weight is 276 g/mol. The average Bonchev–Trinajstić information content (AvgIpc) is 3.07. The number of nitrogens with two attached hydrogens (primary N) is 1. The Bertz CT molecular complexity index is 453. The van der Waals surface area contributed by atoms with Crippen molar-refractivity contribution in [1.29, 1.82) is 0 Å². The molecule has 0 bridgehead atoms. The number of quaternary nitrogens is 1. The van der Waals surface area contributed by atoms with Gasteiger partial charge < -0.3 is 20.2 Å². The Balaban J connectivity index is 1.79. The second-order valence-corrected chi connectivity index (χ2v) is 6.60. The fraction of sp³-hybridized carbons (Fsp3) is 0.625. The highest BCUT2D eigenvalue weighted by molar-refractivity contribution is 5.54. The molecule has 1 aromatic carbocycles. The molecule has 2 aliphatic rings. The van der Waals surface area contributed by atoms with Crippen LogP contribution in [-0.4, -0.2) is 55.0 Å². The van der Waals surface area contributed by atoms with Crippen LogP contribution < -0.4 is 10.6 Å². The lowest BCUT2D eigenvalue weighted by Crippen LogP contribution is -2.51. The van der Waals surface area contributed by atoms with Gasteiger partial charge in [-0.05, 0) is 24.3 Å². The first-order valence-electron chi connectivity index (χ1n) is 7.70. The maximum Gasteiger partial charge on any atom is 0.109 e. The highest BCUT2D eigenvalue weighted by Crippen LogP contribution is 2.33. The van der Waals surface area contributed by atoms with E-state index in [0.717, 1.165) is 18.7 Å². The molecule has 0 spiro atoms. The smallest absolute Gasteiger partial charge is 0.109 e. The van der Waals surface area contributed by atoms with E-state index < -0.39 is 0 Å². The zero-order chi connectivity index (χ0) is 14.2. The number of nitrogen functional groups attached to an aromatic ring is 1. The van der Waals surface area contributed by atoms with E-state index in [1.807, 2.05) is 12.1 Å². The number of nitrogens with zero attached hydrogens (tertiary/aromatic N) is 2. The van der Waals surface area contributed by atoms with Crippen molar-refractivity contribution in [2.45, 2.75) is 31.3 Å². The zero-order valence-corrected chi connectivity index (χ0v) is 12.3. The molecule has 110 valence electrons. The number of hydrogen-bond acceptors (Lipinski definition) is 3. The molecular weight excluding hydrogens is 250 g/mol. The Morgan fingerprint density at radius 1 is 1.25 bits per heavy atom. The van der Waals surface area contributed by atoms with Crippen LogP contribution in [0.5, 0.6) is 0 Å². The third-order valence-corrected chi connectivity index (χ3v) is 5.30. The molecule has 2 fully saturated rings. The minimum Gasteiger partial charge on any atom is -0.399 e. The first kappa shape index (κ1) is 13.7. The molecule has 20 heavy (non-hydrogen) atoms. The number of aliphatic hydroxyl groups excluding tert-OH is 1. The standard InChI is InChI=1S/C16H26N3O/c1-19(8-2-3-9-19)16-10-15(12-20)18(11-16)14-6-4-13(17)5-7-14/h4-7,15-16,20H,2-3,8-12,17H2,1H3/q+1. The summed E-state index contributed by atoms with van der Waals surface area (Å²) in [5.74, 6) is 0. The van der Waals surface area contributed by atoms with Gasteiger partial charge in [-0.25, -0.2) is 0 Å². The summed E-state index contributed by atoms with van der Waals surface area (Å²) in [6.07, 6.45) is 3.79. The van der Waals surface area contributed by atoms with Crippen LogP contribution in [-0.2, 0) is 0 Å². The molecule has 3 rings (SSSR count). The minimum atomic E-state index is 0.237. The normalized spacial score (nSPS) is 29.0. The molecule has 0 saturated carbocycles. The van der Waals surface area contributed by atoms with Crippen LogP contribution in [0.1, 0.15) is 19.3 Å². The molecule has 2 atom stereocenters. The fourth-order valence-corrected chi connectivity index (χ4v) is 3.92. The third kappa shape index (κ3) is 2.38. The summed E-state index contributed by atoms with van der Waals surface area (Å²) in [6.45, 7) is 3.86. The molecule has 0 aromatic heterocycles.